The van der Waals surface area contributed by atoms with Gasteiger partial charge in [-0.05, 0) is 61.7 Å². The fourth-order valence-electron chi connectivity index (χ4n) is 3.28. The lowest BCUT2D eigenvalue weighted by molar-refractivity contribution is 0.102. The van der Waals surface area contributed by atoms with Crippen LogP contribution in [0.3, 0.4) is 0 Å². The topological polar surface area (TPSA) is 92.3 Å². The molecule has 0 saturated heterocycles. The molecule has 10 heteroatoms. The zero-order valence-electron chi connectivity index (χ0n) is 15.6. The minimum Gasteiger partial charge on any atom is -0.296 e. The van der Waals surface area contributed by atoms with Crippen LogP contribution in [-0.4, -0.2) is 30.6 Å². The van der Waals surface area contributed by atoms with Crippen LogP contribution in [0.25, 0.3) is 0 Å². The van der Waals surface area contributed by atoms with E-state index in [1.165, 1.54) is 28.6 Å². The molecule has 0 radical (unpaired) electrons. The summed E-state index contributed by atoms with van der Waals surface area (Å²) in [6, 6.07) is 10.5. The summed E-state index contributed by atoms with van der Waals surface area (Å²) in [6.45, 7) is 3.74. The predicted octanol–water partition coefficient (Wildman–Crippen LogP) is 3.38. The molecule has 0 saturated carbocycles. The highest BCUT2D eigenvalue weighted by Gasteiger charge is 2.38. The van der Waals surface area contributed by atoms with Crippen LogP contribution in [0.15, 0.2) is 46.8 Å². The lowest BCUT2D eigenvalue weighted by Crippen LogP contribution is -2.35. The van der Waals surface area contributed by atoms with E-state index >= 15 is 0 Å². The van der Waals surface area contributed by atoms with Crippen molar-refractivity contribution in [2.24, 2.45) is 0 Å². The smallest absolute Gasteiger partial charge is 0.293 e. The van der Waals surface area contributed by atoms with Crippen molar-refractivity contribution in [3.8, 4) is 0 Å². The van der Waals surface area contributed by atoms with E-state index in [0.717, 1.165) is 22.5 Å². The van der Waals surface area contributed by atoms with Gasteiger partial charge in [0.05, 0.1) is 5.69 Å². The third-order valence-corrected chi connectivity index (χ3v) is 7.72. The standard InChI is InChI=1S/C19H17FN4O3S2/c1-11-3-4-14-10-12(2)24(16(14)9-11)29(26,27)19-23-22-18(28-19)21-17(25)13-5-7-15(20)8-6-13/h3-9,12H,10H2,1-2H3,(H,21,22,25)/t12-/m0/s1. The van der Waals surface area contributed by atoms with Gasteiger partial charge in [-0.1, -0.05) is 23.5 Å². The van der Waals surface area contributed by atoms with Gasteiger partial charge in [0.25, 0.3) is 20.3 Å². The molecule has 1 aliphatic rings. The number of nitrogens with zero attached hydrogens (tertiary/aromatic N) is 3. The number of amides is 1. The van der Waals surface area contributed by atoms with Crippen LogP contribution in [-0.2, 0) is 16.4 Å². The third-order valence-electron chi connectivity index (χ3n) is 4.61. The van der Waals surface area contributed by atoms with Crippen molar-refractivity contribution in [3.05, 3.63) is 65.0 Å². The Hall–Kier alpha value is -2.85. The van der Waals surface area contributed by atoms with Gasteiger partial charge in [-0.25, -0.2) is 4.39 Å². The molecule has 0 unspecified atom stereocenters. The molecule has 0 spiro atoms. The van der Waals surface area contributed by atoms with Crippen molar-refractivity contribution in [2.75, 3.05) is 9.62 Å². The van der Waals surface area contributed by atoms with E-state index in [4.69, 9.17) is 0 Å². The number of anilines is 2. The molecule has 3 aromatic rings. The summed E-state index contributed by atoms with van der Waals surface area (Å²) in [6.07, 6.45) is 0.613. The number of halogens is 1. The summed E-state index contributed by atoms with van der Waals surface area (Å²) in [5.74, 6) is -0.985. The Kier molecular flexibility index (Phi) is 4.83. The molecule has 2 heterocycles. The first-order chi connectivity index (χ1) is 13.8. The Bertz CT molecular complexity index is 1190. The first kappa shape index (κ1) is 19.5. The van der Waals surface area contributed by atoms with Crippen LogP contribution >= 0.6 is 11.3 Å². The molecule has 1 N–H and O–H groups in total. The molecule has 1 aliphatic heterocycles. The Morgan fingerprint density at radius 3 is 2.66 bits per heavy atom. The summed E-state index contributed by atoms with van der Waals surface area (Å²) in [5.41, 5.74) is 2.79. The van der Waals surface area contributed by atoms with E-state index in [0.29, 0.717) is 12.1 Å². The number of aromatic nitrogens is 2. The van der Waals surface area contributed by atoms with E-state index in [-0.39, 0.29) is 21.1 Å². The van der Waals surface area contributed by atoms with Gasteiger partial charge in [0.2, 0.25) is 5.13 Å². The summed E-state index contributed by atoms with van der Waals surface area (Å²) in [5, 5.41) is 10.1. The summed E-state index contributed by atoms with van der Waals surface area (Å²) in [4.78, 5) is 12.2. The van der Waals surface area contributed by atoms with Crippen molar-refractivity contribution in [2.45, 2.75) is 30.6 Å². The summed E-state index contributed by atoms with van der Waals surface area (Å²) in [7, 11) is -3.93. The Labute approximate surface area is 171 Å². The average molecular weight is 433 g/mol. The van der Waals surface area contributed by atoms with Gasteiger partial charge in [0, 0.05) is 11.6 Å². The zero-order valence-corrected chi connectivity index (χ0v) is 17.2. The molecule has 1 aromatic heterocycles. The van der Waals surface area contributed by atoms with E-state index in [1.54, 1.807) is 0 Å². The van der Waals surface area contributed by atoms with Crippen LogP contribution in [0.1, 0.15) is 28.4 Å². The maximum Gasteiger partial charge on any atom is 0.293 e. The van der Waals surface area contributed by atoms with Crippen LogP contribution < -0.4 is 9.62 Å². The average Bonchev–Trinajstić information content (AvgIpc) is 3.26. The van der Waals surface area contributed by atoms with Crippen molar-refractivity contribution in [1.29, 1.82) is 0 Å². The van der Waals surface area contributed by atoms with Gasteiger partial charge < -0.3 is 0 Å². The number of hydrogen-bond donors (Lipinski definition) is 1. The number of hydrogen-bond acceptors (Lipinski definition) is 6. The minimum atomic E-state index is -3.93. The Morgan fingerprint density at radius 2 is 1.93 bits per heavy atom. The molecule has 150 valence electrons. The van der Waals surface area contributed by atoms with Gasteiger partial charge >= 0.3 is 0 Å². The first-order valence-corrected chi connectivity index (χ1v) is 11.1. The quantitative estimate of drug-likeness (QED) is 0.638. The molecular formula is C19H17FN4O3S2. The summed E-state index contributed by atoms with van der Waals surface area (Å²) < 4.78 is 40.6. The van der Waals surface area contributed by atoms with Gasteiger partial charge in [0.1, 0.15) is 5.82 Å². The number of fused-ring (bicyclic) bond motifs is 1. The fourth-order valence-corrected chi connectivity index (χ4v) is 5.94. The van der Waals surface area contributed by atoms with Crippen LogP contribution in [0.5, 0.6) is 0 Å². The van der Waals surface area contributed by atoms with Gasteiger partial charge in [-0.15, -0.1) is 10.2 Å². The monoisotopic (exact) mass is 432 g/mol. The molecule has 7 nitrogen and oxygen atoms in total. The lowest BCUT2D eigenvalue weighted by atomic mass is 10.1. The van der Waals surface area contributed by atoms with Crippen LogP contribution in [0, 0.1) is 12.7 Å². The van der Waals surface area contributed by atoms with Crippen molar-refractivity contribution < 1.29 is 17.6 Å². The highest BCUT2D eigenvalue weighted by molar-refractivity contribution is 7.94. The second-order valence-corrected chi connectivity index (χ2v) is 9.79. The Morgan fingerprint density at radius 1 is 1.21 bits per heavy atom. The Balaban J connectivity index is 1.60. The molecule has 2 aromatic carbocycles. The highest BCUT2D eigenvalue weighted by Crippen LogP contribution is 2.38. The number of nitrogens with one attached hydrogen (secondary N) is 1. The van der Waals surface area contributed by atoms with E-state index in [9.17, 15) is 17.6 Å². The van der Waals surface area contributed by atoms with Crippen LogP contribution in [0.4, 0.5) is 15.2 Å². The van der Waals surface area contributed by atoms with E-state index in [1.807, 2.05) is 32.0 Å². The largest absolute Gasteiger partial charge is 0.296 e. The molecule has 4 rings (SSSR count). The molecule has 0 fully saturated rings. The fraction of sp³-hybridized carbons (Fsp3) is 0.211. The number of rotatable bonds is 4. The molecule has 1 amide bonds. The number of aryl methyl sites for hydroxylation is 1. The van der Waals surface area contributed by atoms with E-state index < -0.39 is 21.7 Å². The molecule has 29 heavy (non-hydrogen) atoms. The predicted molar refractivity (Wildman–Crippen MR) is 108 cm³/mol. The van der Waals surface area contributed by atoms with Gasteiger partial charge in [-0.3, -0.25) is 14.4 Å². The number of carbonyl (C=O) groups is 1. The maximum atomic E-state index is 13.2. The second-order valence-electron chi connectivity index (χ2n) is 6.82. The van der Waals surface area contributed by atoms with Crippen molar-refractivity contribution in [3.63, 3.8) is 0 Å². The normalized spacial score (nSPS) is 16.0. The second kappa shape index (κ2) is 7.20. The third kappa shape index (κ3) is 3.60. The summed E-state index contributed by atoms with van der Waals surface area (Å²) >= 11 is 0.776. The minimum absolute atomic E-state index is 0.0502. The number of sulfonamides is 1. The molecule has 0 aliphatic carbocycles. The van der Waals surface area contributed by atoms with E-state index in [2.05, 4.69) is 15.5 Å². The van der Waals surface area contributed by atoms with Crippen molar-refractivity contribution in [1.82, 2.24) is 10.2 Å². The highest BCUT2D eigenvalue weighted by atomic mass is 32.2. The van der Waals surface area contributed by atoms with Crippen molar-refractivity contribution >= 4 is 38.1 Å². The first-order valence-electron chi connectivity index (χ1n) is 8.80. The SMILES string of the molecule is Cc1ccc2c(c1)N(S(=O)(=O)c1nnc(NC(=O)c3ccc(F)cc3)s1)[C@@H](C)C2. The van der Waals surface area contributed by atoms with Gasteiger partial charge in [-0.2, -0.15) is 8.42 Å². The number of carbonyl (C=O) groups excluding carboxylic acids is 1. The maximum absolute atomic E-state index is 13.2. The number of benzene rings is 2. The molecule has 0 bridgehead atoms. The molecular weight excluding hydrogens is 415 g/mol. The van der Waals surface area contributed by atoms with Crippen LogP contribution in [0.2, 0.25) is 0 Å². The van der Waals surface area contributed by atoms with Gasteiger partial charge in [0.15, 0.2) is 0 Å². The zero-order chi connectivity index (χ0) is 20.8. The molecule has 1 atom stereocenters. The lowest BCUT2D eigenvalue weighted by Gasteiger charge is -2.22.